The largest absolute Gasteiger partial charge is 0.455 e. The lowest BCUT2D eigenvalue weighted by atomic mass is 9.97. The first-order chi connectivity index (χ1) is 12.6. The van der Waals surface area contributed by atoms with Crippen molar-refractivity contribution in [2.45, 2.75) is 42.8 Å². The van der Waals surface area contributed by atoms with Crippen molar-refractivity contribution in [1.29, 1.82) is 0 Å². The first kappa shape index (κ1) is 18.9. The minimum absolute atomic E-state index is 0.209. The molecule has 0 bridgehead atoms. The predicted octanol–water partition coefficient (Wildman–Crippen LogP) is 4.86. The third-order valence-corrected chi connectivity index (χ3v) is 5.90. The van der Waals surface area contributed by atoms with Crippen LogP contribution in [0.25, 0.3) is 0 Å². The maximum atomic E-state index is 12.4. The Morgan fingerprint density at radius 3 is 2.88 bits per heavy atom. The molecule has 1 aliphatic carbocycles. The average molecular weight is 392 g/mol. The maximum Gasteiger partial charge on any atom is 0.287 e. The van der Waals surface area contributed by atoms with Crippen LogP contribution in [-0.4, -0.2) is 16.7 Å². The molecule has 0 radical (unpaired) electrons. The van der Waals surface area contributed by atoms with Gasteiger partial charge in [0.25, 0.3) is 5.91 Å². The summed E-state index contributed by atoms with van der Waals surface area (Å²) in [6, 6.07) is 10.3. The van der Waals surface area contributed by atoms with Gasteiger partial charge in [-0.05, 0) is 62.4 Å². The highest BCUT2D eigenvalue weighted by Crippen LogP contribution is 2.20. The zero-order valence-electron chi connectivity index (χ0n) is 14.5. The quantitative estimate of drug-likeness (QED) is 0.685. The lowest BCUT2D eigenvalue weighted by Crippen LogP contribution is -2.24. The number of carbonyl (C=O) groups is 1. The van der Waals surface area contributed by atoms with E-state index in [1.165, 1.54) is 18.4 Å². The van der Waals surface area contributed by atoms with Crippen LogP contribution in [0.15, 0.2) is 57.4 Å². The number of furan rings is 1. The SMILES string of the molecule is O=C(NCCC1=CCCCC1)c1ccc(C[S@](=O)c2cccc(Cl)c2)o1. The fraction of sp³-hybridized carbons (Fsp3) is 0.350. The molecule has 2 aromatic rings. The topological polar surface area (TPSA) is 59.3 Å². The van der Waals surface area contributed by atoms with E-state index in [0.29, 0.717) is 22.2 Å². The number of amides is 1. The lowest BCUT2D eigenvalue weighted by molar-refractivity contribution is 0.0925. The van der Waals surface area contributed by atoms with Gasteiger partial charge in [0.05, 0.1) is 16.6 Å². The Bertz CT molecular complexity index is 828. The summed E-state index contributed by atoms with van der Waals surface area (Å²) in [5, 5.41) is 3.43. The number of allylic oxidation sites excluding steroid dienone is 1. The van der Waals surface area contributed by atoms with E-state index >= 15 is 0 Å². The number of nitrogens with one attached hydrogen (secondary N) is 1. The van der Waals surface area contributed by atoms with Crippen LogP contribution in [0, 0.1) is 0 Å². The van der Waals surface area contributed by atoms with E-state index in [4.69, 9.17) is 16.0 Å². The van der Waals surface area contributed by atoms with Gasteiger partial charge in [-0.25, -0.2) is 0 Å². The molecular formula is C20H22ClNO3S. The molecule has 0 fully saturated rings. The molecule has 1 aromatic heterocycles. The van der Waals surface area contributed by atoms with Crippen molar-refractivity contribution in [1.82, 2.24) is 5.32 Å². The Kier molecular flexibility index (Phi) is 6.69. The van der Waals surface area contributed by atoms with Crippen molar-refractivity contribution < 1.29 is 13.4 Å². The van der Waals surface area contributed by atoms with Crippen LogP contribution in [0.3, 0.4) is 0 Å². The average Bonchev–Trinajstić information content (AvgIpc) is 3.11. The Balaban J connectivity index is 1.51. The fourth-order valence-corrected chi connectivity index (χ4v) is 4.28. The fourth-order valence-electron chi connectivity index (χ4n) is 2.95. The van der Waals surface area contributed by atoms with E-state index in [1.54, 1.807) is 36.4 Å². The number of halogens is 1. The zero-order chi connectivity index (χ0) is 18.4. The minimum atomic E-state index is -1.27. The summed E-state index contributed by atoms with van der Waals surface area (Å²) >= 11 is 5.93. The molecule has 138 valence electrons. The van der Waals surface area contributed by atoms with Gasteiger partial charge >= 0.3 is 0 Å². The van der Waals surface area contributed by atoms with Crippen molar-refractivity contribution in [2.24, 2.45) is 0 Å². The van der Waals surface area contributed by atoms with E-state index in [9.17, 15) is 9.00 Å². The second-order valence-electron chi connectivity index (χ2n) is 6.33. The van der Waals surface area contributed by atoms with Gasteiger partial charge in [0.1, 0.15) is 5.76 Å². The summed E-state index contributed by atoms with van der Waals surface area (Å²) < 4.78 is 17.9. The number of carbonyl (C=O) groups excluding carboxylic acids is 1. The van der Waals surface area contributed by atoms with Crippen LogP contribution < -0.4 is 5.32 Å². The van der Waals surface area contributed by atoms with Gasteiger partial charge in [0, 0.05) is 16.5 Å². The monoisotopic (exact) mass is 391 g/mol. The number of hydrogen-bond donors (Lipinski definition) is 1. The van der Waals surface area contributed by atoms with Gasteiger partial charge in [-0.2, -0.15) is 0 Å². The third-order valence-electron chi connectivity index (χ3n) is 4.33. The molecule has 1 N–H and O–H groups in total. The molecular weight excluding hydrogens is 370 g/mol. The molecule has 0 saturated heterocycles. The summed E-state index contributed by atoms with van der Waals surface area (Å²) in [5.41, 5.74) is 1.42. The highest BCUT2D eigenvalue weighted by molar-refractivity contribution is 7.84. The molecule has 1 atom stereocenters. The molecule has 1 aliphatic rings. The number of benzene rings is 1. The van der Waals surface area contributed by atoms with Crippen molar-refractivity contribution in [3.05, 3.63) is 64.6 Å². The molecule has 3 rings (SSSR count). The van der Waals surface area contributed by atoms with Crippen LogP contribution in [-0.2, 0) is 16.6 Å². The van der Waals surface area contributed by atoms with E-state index in [1.807, 2.05) is 0 Å². The third kappa shape index (κ3) is 5.32. The summed E-state index contributed by atoms with van der Waals surface area (Å²) in [6.07, 6.45) is 7.96. The van der Waals surface area contributed by atoms with Gasteiger partial charge < -0.3 is 9.73 Å². The highest BCUT2D eigenvalue weighted by atomic mass is 35.5. The molecule has 0 spiro atoms. The Morgan fingerprint density at radius 2 is 2.12 bits per heavy atom. The molecule has 1 heterocycles. The highest BCUT2D eigenvalue weighted by Gasteiger charge is 2.14. The summed E-state index contributed by atoms with van der Waals surface area (Å²) in [5.74, 6) is 0.742. The maximum absolute atomic E-state index is 12.4. The first-order valence-corrected chi connectivity index (χ1v) is 10.5. The van der Waals surface area contributed by atoms with Gasteiger partial charge in [0.2, 0.25) is 0 Å². The van der Waals surface area contributed by atoms with Crippen molar-refractivity contribution in [2.75, 3.05) is 6.54 Å². The summed E-state index contributed by atoms with van der Waals surface area (Å²) in [7, 11) is -1.27. The molecule has 6 heteroatoms. The number of hydrogen-bond acceptors (Lipinski definition) is 3. The van der Waals surface area contributed by atoms with Crippen LogP contribution in [0.4, 0.5) is 0 Å². The van der Waals surface area contributed by atoms with E-state index in [2.05, 4.69) is 11.4 Å². The molecule has 1 aromatic carbocycles. The van der Waals surface area contributed by atoms with Gasteiger partial charge in [-0.15, -0.1) is 0 Å². The van der Waals surface area contributed by atoms with Crippen molar-refractivity contribution >= 4 is 28.3 Å². The van der Waals surface area contributed by atoms with Crippen LogP contribution in [0.1, 0.15) is 48.4 Å². The first-order valence-electron chi connectivity index (χ1n) is 8.80. The number of rotatable bonds is 7. The second-order valence-corrected chi connectivity index (χ2v) is 8.21. The molecule has 26 heavy (non-hydrogen) atoms. The van der Waals surface area contributed by atoms with Crippen molar-refractivity contribution in [3.63, 3.8) is 0 Å². The Morgan fingerprint density at radius 1 is 1.23 bits per heavy atom. The Hall–Kier alpha value is -1.85. The van der Waals surface area contributed by atoms with E-state index in [-0.39, 0.29) is 17.4 Å². The molecule has 0 saturated carbocycles. The van der Waals surface area contributed by atoms with Crippen molar-refractivity contribution in [3.8, 4) is 0 Å². The van der Waals surface area contributed by atoms with E-state index in [0.717, 1.165) is 19.3 Å². The van der Waals surface area contributed by atoms with Crippen LogP contribution in [0.2, 0.25) is 5.02 Å². The molecule has 1 amide bonds. The Labute approximate surface area is 161 Å². The lowest BCUT2D eigenvalue weighted by Gasteiger charge is -2.12. The minimum Gasteiger partial charge on any atom is -0.455 e. The van der Waals surface area contributed by atoms with Gasteiger partial charge in [0.15, 0.2) is 5.76 Å². The van der Waals surface area contributed by atoms with Gasteiger partial charge in [-0.3, -0.25) is 9.00 Å². The molecule has 0 aliphatic heterocycles. The summed E-state index contributed by atoms with van der Waals surface area (Å²) in [6.45, 7) is 0.606. The second kappa shape index (κ2) is 9.19. The molecule has 4 nitrogen and oxygen atoms in total. The molecule has 0 unspecified atom stereocenters. The van der Waals surface area contributed by atoms with Gasteiger partial charge in [-0.1, -0.05) is 29.3 Å². The summed E-state index contributed by atoms with van der Waals surface area (Å²) in [4.78, 5) is 12.8. The standard InChI is InChI=1S/C20H22ClNO3S/c21-16-7-4-8-18(13-16)26(24)14-17-9-10-19(25-17)20(23)22-12-11-15-5-2-1-3-6-15/h4-5,7-10,13H,1-3,6,11-12,14H2,(H,22,23)/t26-/m0/s1. The zero-order valence-corrected chi connectivity index (χ0v) is 16.1. The predicted molar refractivity (Wildman–Crippen MR) is 104 cm³/mol. The van der Waals surface area contributed by atoms with Crippen LogP contribution >= 0.6 is 11.6 Å². The smallest absolute Gasteiger partial charge is 0.287 e. The van der Waals surface area contributed by atoms with Crippen LogP contribution in [0.5, 0.6) is 0 Å². The normalized spacial score (nSPS) is 15.3. The van der Waals surface area contributed by atoms with E-state index < -0.39 is 10.8 Å².